The lowest BCUT2D eigenvalue weighted by molar-refractivity contribution is -0.240. The molecule has 0 spiro atoms. The van der Waals surface area contributed by atoms with E-state index in [1.807, 2.05) is 17.0 Å². The zero-order valence-electron chi connectivity index (χ0n) is 16.3. The van der Waals surface area contributed by atoms with E-state index in [0.717, 1.165) is 43.1 Å². The van der Waals surface area contributed by atoms with Crippen LogP contribution in [0.25, 0.3) is 10.9 Å². The van der Waals surface area contributed by atoms with Gasteiger partial charge >= 0.3 is 0 Å². The van der Waals surface area contributed by atoms with Crippen LogP contribution in [0, 0.1) is 5.82 Å². The molecule has 1 saturated heterocycles. The number of aromatic nitrogens is 2. The van der Waals surface area contributed by atoms with Gasteiger partial charge in [-0.1, -0.05) is 17.3 Å². The van der Waals surface area contributed by atoms with Crippen LogP contribution in [-0.4, -0.2) is 47.6 Å². The summed E-state index contributed by atoms with van der Waals surface area (Å²) in [5.41, 5.74) is 6.68. The van der Waals surface area contributed by atoms with E-state index in [1.165, 1.54) is 12.4 Å². The quantitative estimate of drug-likeness (QED) is 0.684. The summed E-state index contributed by atoms with van der Waals surface area (Å²) in [6.07, 6.45) is 1.77. The highest BCUT2D eigenvalue weighted by Crippen LogP contribution is 2.34. The Kier molecular flexibility index (Phi) is 4.19. The minimum atomic E-state index is -0.396. The van der Waals surface area contributed by atoms with E-state index < -0.39 is 6.29 Å². The molecule has 1 fully saturated rings. The third kappa shape index (κ3) is 3.11. The first-order valence-corrected chi connectivity index (χ1v) is 10.1. The summed E-state index contributed by atoms with van der Waals surface area (Å²) in [5, 5.41) is 5.48. The van der Waals surface area contributed by atoms with Gasteiger partial charge < -0.3 is 15.0 Å². The number of nitrogens with zero attached hydrogens (tertiary/aromatic N) is 4. The maximum absolute atomic E-state index is 15.0. The molecule has 3 bridgehead atoms. The minimum Gasteiger partial charge on any atom is -0.463 e. The monoisotopic (exact) mass is 408 g/mol. The van der Waals surface area contributed by atoms with Gasteiger partial charge in [0.05, 0.1) is 17.7 Å². The smallest absolute Gasteiger partial charge is 0.224 e. The van der Waals surface area contributed by atoms with Crippen molar-refractivity contribution >= 4 is 22.4 Å². The molecular formula is C21H21FN6O2. The first-order chi connectivity index (χ1) is 14.7. The second-order valence-electron chi connectivity index (χ2n) is 7.73. The number of hydrogen-bond acceptors (Lipinski definition) is 8. The average Bonchev–Trinajstić information content (AvgIpc) is 3.19. The second-order valence-corrected chi connectivity index (χ2v) is 7.73. The number of hydrogen-bond donors (Lipinski definition) is 2. The fourth-order valence-corrected chi connectivity index (χ4v) is 4.26. The van der Waals surface area contributed by atoms with E-state index in [1.54, 1.807) is 11.2 Å². The Morgan fingerprint density at radius 3 is 2.93 bits per heavy atom. The highest BCUT2D eigenvalue weighted by atomic mass is 19.1. The molecule has 4 heterocycles. The van der Waals surface area contributed by atoms with Gasteiger partial charge in [-0.25, -0.2) is 19.2 Å². The van der Waals surface area contributed by atoms with Gasteiger partial charge in [0.2, 0.25) is 6.29 Å². The summed E-state index contributed by atoms with van der Waals surface area (Å²) < 4.78 is 20.8. The summed E-state index contributed by atoms with van der Waals surface area (Å²) in [4.78, 5) is 16.7. The fourth-order valence-electron chi connectivity index (χ4n) is 4.26. The van der Waals surface area contributed by atoms with Gasteiger partial charge in [0.15, 0.2) is 5.82 Å². The molecule has 3 aromatic rings. The molecule has 9 heteroatoms. The zero-order valence-corrected chi connectivity index (χ0v) is 16.3. The topological polar surface area (TPSA) is 74.8 Å². The highest BCUT2D eigenvalue weighted by Gasteiger charge is 2.29. The molecule has 0 aliphatic carbocycles. The average molecular weight is 408 g/mol. The minimum absolute atomic E-state index is 0.283. The van der Waals surface area contributed by atoms with Crippen molar-refractivity contribution in [3.8, 4) is 5.75 Å². The number of fused-ring (bicyclic) bond motifs is 3. The Bertz CT molecular complexity index is 1120. The van der Waals surface area contributed by atoms with Crippen molar-refractivity contribution < 1.29 is 14.0 Å². The van der Waals surface area contributed by atoms with Crippen LogP contribution in [0.15, 0.2) is 36.7 Å². The predicted octanol–water partition coefficient (Wildman–Crippen LogP) is 2.21. The van der Waals surface area contributed by atoms with Crippen LogP contribution in [0.5, 0.6) is 5.75 Å². The molecule has 154 valence electrons. The first-order valence-electron chi connectivity index (χ1n) is 10.1. The number of anilines is 2. The van der Waals surface area contributed by atoms with Crippen LogP contribution in [-0.2, 0) is 17.8 Å². The van der Waals surface area contributed by atoms with Crippen molar-refractivity contribution in [3.63, 3.8) is 0 Å². The Morgan fingerprint density at radius 1 is 1.13 bits per heavy atom. The summed E-state index contributed by atoms with van der Waals surface area (Å²) in [7, 11) is 0. The largest absolute Gasteiger partial charge is 0.463 e. The van der Waals surface area contributed by atoms with Crippen molar-refractivity contribution in [2.75, 3.05) is 36.5 Å². The highest BCUT2D eigenvalue weighted by molar-refractivity contribution is 5.91. The number of hydroxylamine groups is 1. The van der Waals surface area contributed by atoms with E-state index in [-0.39, 0.29) is 5.82 Å². The van der Waals surface area contributed by atoms with Gasteiger partial charge in [-0.2, -0.15) is 0 Å². The summed E-state index contributed by atoms with van der Waals surface area (Å²) in [5.74, 6) is 1.07. The number of hydrazine groups is 1. The van der Waals surface area contributed by atoms with Crippen LogP contribution < -0.4 is 20.4 Å². The molecule has 2 aromatic carbocycles. The van der Waals surface area contributed by atoms with E-state index in [0.29, 0.717) is 35.4 Å². The van der Waals surface area contributed by atoms with Gasteiger partial charge in [0.1, 0.15) is 17.9 Å². The van der Waals surface area contributed by atoms with Gasteiger partial charge in [0, 0.05) is 43.5 Å². The summed E-state index contributed by atoms with van der Waals surface area (Å²) in [6.45, 7) is 3.71. The second kappa shape index (κ2) is 7.05. The molecule has 30 heavy (non-hydrogen) atoms. The number of halogens is 1. The third-order valence-electron chi connectivity index (χ3n) is 5.73. The van der Waals surface area contributed by atoms with Gasteiger partial charge in [-0.3, -0.25) is 5.43 Å². The molecule has 6 rings (SSSR count). The molecule has 1 unspecified atom stereocenters. The van der Waals surface area contributed by atoms with E-state index >= 15 is 0 Å². The fraction of sp³-hybridized carbons (Fsp3) is 0.333. The van der Waals surface area contributed by atoms with E-state index in [2.05, 4.69) is 26.8 Å². The lowest BCUT2D eigenvalue weighted by Gasteiger charge is -2.30. The molecule has 8 nitrogen and oxygen atoms in total. The van der Waals surface area contributed by atoms with Crippen molar-refractivity contribution in [1.29, 1.82) is 0 Å². The van der Waals surface area contributed by atoms with Crippen LogP contribution >= 0.6 is 0 Å². The van der Waals surface area contributed by atoms with E-state index in [9.17, 15) is 4.39 Å². The normalized spacial score (nSPS) is 20.8. The van der Waals surface area contributed by atoms with Crippen molar-refractivity contribution in [2.24, 2.45) is 0 Å². The lowest BCUT2D eigenvalue weighted by Crippen LogP contribution is -2.43. The SMILES string of the molecule is Fc1cc2c(NN3Cc4ccc5c(c4)CC(O5)O3)ncnc2cc1N1CCNCC1. The number of ether oxygens (including phenoxy) is 1. The Morgan fingerprint density at radius 2 is 2.03 bits per heavy atom. The van der Waals surface area contributed by atoms with Crippen molar-refractivity contribution in [3.05, 3.63) is 53.6 Å². The number of rotatable bonds is 3. The molecule has 0 radical (unpaired) electrons. The Balaban J connectivity index is 1.31. The van der Waals surface area contributed by atoms with E-state index in [4.69, 9.17) is 9.57 Å². The molecule has 2 N–H and O–H groups in total. The standard InChI is InChI=1S/C21H21FN6O2/c22-16-9-15-17(10-18(16)27-5-3-23-4-6-27)24-12-25-21(15)26-28-11-13-1-2-19-14(7-13)8-20(29-19)30-28/h1-2,7,9-10,12,20,23H,3-6,8,11H2,(H,24,25,26). The molecule has 0 amide bonds. The summed E-state index contributed by atoms with van der Waals surface area (Å²) in [6, 6.07) is 9.41. The van der Waals surface area contributed by atoms with Gasteiger partial charge in [-0.15, -0.1) is 0 Å². The molecule has 0 saturated carbocycles. The van der Waals surface area contributed by atoms with Crippen LogP contribution in [0.3, 0.4) is 0 Å². The number of nitrogens with one attached hydrogen (secondary N) is 2. The molecule has 3 aliphatic rings. The maximum Gasteiger partial charge on any atom is 0.224 e. The third-order valence-corrected chi connectivity index (χ3v) is 5.73. The van der Waals surface area contributed by atoms with Crippen LogP contribution in [0.2, 0.25) is 0 Å². The summed E-state index contributed by atoms with van der Waals surface area (Å²) >= 11 is 0. The Labute approximate surface area is 172 Å². The number of benzene rings is 2. The van der Waals surface area contributed by atoms with Gasteiger partial charge in [-0.05, 0) is 23.8 Å². The predicted molar refractivity (Wildman–Crippen MR) is 109 cm³/mol. The molecular weight excluding hydrogens is 387 g/mol. The zero-order chi connectivity index (χ0) is 20.1. The first kappa shape index (κ1) is 17.8. The molecule has 1 aromatic heterocycles. The van der Waals surface area contributed by atoms with Gasteiger partial charge in [0.25, 0.3) is 0 Å². The van der Waals surface area contributed by atoms with Crippen LogP contribution in [0.1, 0.15) is 11.1 Å². The molecule has 3 aliphatic heterocycles. The lowest BCUT2D eigenvalue weighted by atomic mass is 10.1. The molecule has 1 atom stereocenters. The Hall–Kier alpha value is -3.01. The van der Waals surface area contributed by atoms with Crippen molar-refractivity contribution in [2.45, 2.75) is 19.3 Å². The maximum atomic E-state index is 15.0. The van der Waals surface area contributed by atoms with Crippen LogP contribution in [0.4, 0.5) is 15.9 Å². The van der Waals surface area contributed by atoms with Crippen molar-refractivity contribution in [1.82, 2.24) is 20.5 Å². The number of piperazine rings is 1.